The maximum atomic E-state index is 5.47. The predicted molar refractivity (Wildman–Crippen MR) is 37.5 cm³/mol. The van der Waals surface area contributed by atoms with E-state index in [0.717, 1.165) is 0 Å². The molecule has 2 fully saturated rings. The molecule has 2 aliphatic heterocycles. The molecule has 11 heavy (non-hydrogen) atoms. The fourth-order valence-electron chi connectivity index (χ4n) is 1.34. The molecule has 2 bridgehead atoms. The minimum atomic E-state index is -0.969. The molecule has 4 nitrogen and oxygen atoms in total. The van der Waals surface area contributed by atoms with E-state index in [1.165, 1.54) is 0 Å². The van der Waals surface area contributed by atoms with Gasteiger partial charge in [0, 0.05) is 0 Å². The molecule has 0 amide bonds. The molecule has 0 saturated carbocycles. The number of rotatable bonds is 2. The monoisotopic (exact) mass is 156 g/mol. The van der Waals surface area contributed by atoms with Crippen LogP contribution < -0.4 is 0 Å². The van der Waals surface area contributed by atoms with Crippen LogP contribution in [0.1, 0.15) is 6.92 Å². The summed E-state index contributed by atoms with van der Waals surface area (Å²) < 4.78 is 16.0. The van der Waals surface area contributed by atoms with Crippen LogP contribution in [-0.4, -0.2) is 38.1 Å². The SMILES string of the molecule is [CH-]=NCC12OCC(C)(CO1)O2. The van der Waals surface area contributed by atoms with E-state index in [0.29, 0.717) is 13.2 Å². The van der Waals surface area contributed by atoms with E-state index in [1.807, 2.05) is 6.92 Å². The van der Waals surface area contributed by atoms with Gasteiger partial charge in [-0.05, 0) is 6.92 Å². The second-order valence-electron chi connectivity index (χ2n) is 3.15. The fourth-order valence-corrected chi connectivity index (χ4v) is 1.34. The average molecular weight is 156 g/mol. The topological polar surface area (TPSA) is 40.0 Å². The molecule has 0 radical (unpaired) electrons. The molecular formula is C7H10NO3-. The van der Waals surface area contributed by atoms with Crippen molar-refractivity contribution in [2.45, 2.75) is 18.5 Å². The maximum absolute atomic E-state index is 5.47. The molecule has 4 heteroatoms. The van der Waals surface area contributed by atoms with E-state index in [1.54, 1.807) is 0 Å². The first-order valence-corrected chi connectivity index (χ1v) is 3.53. The number of ether oxygens (including phenoxy) is 3. The summed E-state index contributed by atoms with van der Waals surface area (Å²) in [5.41, 5.74) is -0.287. The second kappa shape index (κ2) is 2.03. The largest absolute Gasteiger partial charge is 0.499 e. The van der Waals surface area contributed by atoms with Gasteiger partial charge in [-0.15, -0.1) is 0 Å². The van der Waals surface area contributed by atoms with Crippen LogP contribution in [0, 0.1) is 0 Å². The Morgan fingerprint density at radius 3 is 2.45 bits per heavy atom. The summed E-state index contributed by atoms with van der Waals surface area (Å²) >= 11 is 0. The van der Waals surface area contributed by atoms with Gasteiger partial charge in [-0.1, -0.05) is 0 Å². The number of nitrogens with zero attached hydrogens (tertiary/aromatic N) is 1. The van der Waals surface area contributed by atoms with Crippen molar-refractivity contribution < 1.29 is 14.2 Å². The van der Waals surface area contributed by atoms with Crippen LogP contribution in [0.5, 0.6) is 0 Å². The molecule has 0 aromatic rings. The van der Waals surface area contributed by atoms with Crippen molar-refractivity contribution in [2.75, 3.05) is 19.8 Å². The summed E-state index contributed by atoms with van der Waals surface area (Å²) in [4.78, 5) is 3.44. The third kappa shape index (κ3) is 0.982. The van der Waals surface area contributed by atoms with Crippen molar-refractivity contribution in [3.63, 3.8) is 0 Å². The highest BCUT2D eigenvalue weighted by atomic mass is 16.9. The Morgan fingerprint density at radius 2 is 2.09 bits per heavy atom. The Morgan fingerprint density at radius 1 is 1.45 bits per heavy atom. The third-order valence-electron chi connectivity index (χ3n) is 1.88. The van der Waals surface area contributed by atoms with Crippen LogP contribution in [0.25, 0.3) is 0 Å². The van der Waals surface area contributed by atoms with E-state index in [9.17, 15) is 0 Å². The Labute approximate surface area is 65.2 Å². The molecule has 0 aliphatic carbocycles. The lowest BCUT2D eigenvalue weighted by atomic mass is 10.1. The van der Waals surface area contributed by atoms with Gasteiger partial charge in [-0.25, -0.2) is 0 Å². The minimum Gasteiger partial charge on any atom is -0.499 e. The summed E-state index contributed by atoms with van der Waals surface area (Å²) in [5.74, 6) is -0.969. The maximum Gasteiger partial charge on any atom is 0.301 e. The smallest absolute Gasteiger partial charge is 0.301 e. The first-order valence-electron chi connectivity index (χ1n) is 3.53. The molecule has 2 rings (SSSR count). The Bertz CT molecular complexity index is 184. The number of hydrogen-bond acceptors (Lipinski definition) is 4. The number of hydrogen-bond donors (Lipinski definition) is 0. The van der Waals surface area contributed by atoms with Crippen molar-refractivity contribution in [3.8, 4) is 0 Å². The van der Waals surface area contributed by atoms with Crippen molar-refractivity contribution in [2.24, 2.45) is 4.99 Å². The highest BCUT2D eigenvalue weighted by molar-refractivity contribution is 5.23. The van der Waals surface area contributed by atoms with E-state index >= 15 is 0 Å². The van der Waals surface area contributed by atoms with Gasteiger partial charge in [0.15, 0.2) is 0 Å². The lowest BCUT2D eigenvalue weighted by Gasteiger charge is -2.22. The average Bonchev–Trinajstić information content (AvgIpc) is 2.42. The van der Waals surface area contributed by atoms with Gasteiger partial charge in [0.2, 0.25) is 0 Å². The summed E-state index contributed by atoms with van der Waals surface area (Å²) in [7, 11) is 0. The summed E-state index contributed by atoms with van der Waals surface area (Å²) in [6.45, 7) is 8.31. The van der Waals surface area contributed by atoms with Gasteiger partial charge in [0.05, 0.1) is 19.8 Å². The van der Waals surface area contributed by atoms with Crippen LogP contribution in [0.4, 0.5) is 0 Å². The van der Waals surface area contributed by atoms with Gasteiger partial charge in [0.25, 0.3) is 0 Å². The summed E-state index contributed by atoms with van der Waals surface area (Å²) in [6, 6.07) is 0. The molecule has 0 N–H and O–H groups in total. The predicted octanol–water partition coefficient (Wildman–Crippen LogP) is 0.0535. The summed E-state index contributed by atoms with van der Waals surface area (Å²) in [6.07, 6.45) is 0. The molecule has 62 valence electrons. The number of fused-ring (bicyclic) bond motifs is 2. The molecule has 0 aromatic heterocycles. The van der Waals surface area contributed by atoms with E-state index in [-0.39, 0.29) is 12.1 Å². The van der Waals surface area contributed by atoms with Gasteiger partial charge in [0.1, 0.15) is 5.60 Å². The van der Waals surface area contributed by atoms with E-state index in [2.05, 4.69) is 4.99 Å². The number of aliphatic imine (C=N–C) groups is 1. The lowest BCUT2D eigenvalue weighted by molar-refractivity contribution is -0.289. The van der Waals surface area contributed by atoms with Crippen LogP contribution in [-0.2, 0) is 14.2 Å². The Balaban J connectivity index is 2.13. The minimum absolute atomic E-state index is 0.239. The first kappa shape index (κ1) is 7.21. The van der Waals surface area contributed by atoms with Crippen LogP contribution >= 0.6 is 0 Å². The lowest BCUT2D eigenvalue weighted by Crippen LogP contribution is -2.36. The molecule has 2 saturated heterocycles. The standard InChI is InChI=1S/C7H10NO3/c1-6-4-9-7(11-6,3-8-2)10-5-6/h2H,3-5H2,1H3/q-1. The Kier molecular flexibility index (Phi) is 1.33. The van der Waals surface area contributed by atoms with Crippen molar-refractivity contribution in [1.29, 1.82) is 0 Å². The zero-order valence-electron chi connectivity index (χ0n) is 6.37. The van der Waals surface area contributed by atoms with E-state index < -0.39 is 5.97 Å². The zero-order valence-corrected chi connectivity index (χ0v) is 6.37. The van der Waals surface area contributed by atoms with Crippen LogP contribution in [0.3, 0.4) is 0 Å². The highest BCUT2D eigenvalue weighted by Crippen LogP contribution is 2.39. The molecular weight excluding hydrogens is 146 g/mol. The van der Waals surface area contributed by atoms with Gasteiger partial charge in [-0.3, -0.25) is 0 Å². The second-order valence-corrected chi connectivity index (χ2v) is 3.15. The first-order chi connectivity index (χ1) is 5.18. The zero-order chi connectivity index (χ0) is 7.95. The van der Waals surface area contributed by atoms with Crippen molar-refractivity contribution in [1.82, 2.24) is 0 Å². The molecule has 0 atom stereocenters. The van der Waals surface area contributed by atoms with Gasteiger partial charge in [-0.2, -0.15) is 0 Å². The molecule has 2 aliphatic rings. The van der Waals surface area contributed by atoms with Crippen molar-refractivity contribution >= 4 is 6.72 Å². The molecule has 0 aromatic carbocycles. The Hall–Kier alpha value is -0.450. The van der Waals surface area contributed by atoms with Gasteiger partial charge < -0.3 is 25.9 Å². The molecule has 0 spiro atoms. The molecule has 2 heterocycles. The highest BCUT2D eigenvalue weighted by Gasteiger charge is 2.55. The quantitative estimate of drug-likeness (QED) is 0.419. The van der Waals surface area contributed by atoms with Crippen LogP contribution in [0.2, 0.25) is 0 Å². The van der Waals surface area contributed by atoms with Crippen molar-refractivity contribution in [3.05, 3.63) is 0 Å². The van der Waals surface area contributed by atoms with Gasteiger partial charge >= 0.3 is 5.97 Å². The van der Waals surface area contributed by atoms with E-state index in [4.69, 9.17) is 20.9 Å². The fraction of sp³-hybridized carbons (Fsp3) is 0.857. The third-order valence-corrected chi connectivity index (χ3v) is 1.88. The van der Waals surface area contributed by atoms with Crippen LogP contribution in [0.15, 0.2) is 4.99 Å². The normalized spacial score (nSPS) is 48.1. The molecule has 0 unspecified atom stereocenters. The summed E-state index contributed by atoms with van der Waals surface area (Å²) in [5, 5.41) is 0.